The van der Waals surface area contributed by atoms with Gasteiger partial charge in [-0.2, -0.15) is 18.4 Å². The standard InChI is InChI=1S/C18H15F3N6OS/c1-17(7-14(18(19,20)21)29-16(23)27-17)13-6-11(4-5-24-13)26-15(28)12-3-2-10(8-22)9-25-12/h2-6,9,14H,7H2,1H3,(H2,23,27)(H,24,26,28)/t14-,17-/m0/s1. The van der Waals surface area contributed by atoms with E-state index in [0.29, 0.717) is 23.0 Å². The van der Waals surface area contributed by atoms with E-state index in [2.05, 4.69) is 20.3 Å². The van der Waals surface area contributed by atoms with Crippen LogP contribution in [0.25, 0.3) is 0 Å². The van der Waals surface area contributed by atoms with Crippen molar-refractivity contribution in [3.05, 3.63) is 53.6 Å². The maximum atomic E-state index is 13.2. The Morgan fingerprint density at radius 1 is 1.38 bits per heavy atom. The molecule has 2 aromatic rings. The molecule has 11 heteroatoms. The van der Waals surface area contributed by atoms with Crippen molar-refractivity contribution in [2.75, 3.05) is 5.32 Å². The molecule has 7 nitrogen and oxygen atoms in total. The number of halogens is 3. The SMILES string of the molecule is C[C@@]1(c2cc(NC(=O)c3ccc(C#N)cn3)ccn2)C[C@@H](C(F)(F)F)SC(N)=N1. The largest absolute Gasteiger partial charge is 0.401 e. The Balaban J connectivity index is 1.84. The number of nitrogens with one attached hydrogen (secondary N) is 1. The van der Waals surface area contributed by atoms with Gasteiger partial charge in [-0.05, 0) is 37.6 Å². The van der Waals surface area contributed by atoms with E-state index in [-0.39, 0.29) is 23.0 Å². The predicted molar refractivity (Wildman–Crippen MR) is 102 cm³/mol. The molecule has 0 bridgehead atoms. The molecular formula is C18H15F3N6OS. The maximum Gasteiger partial charge on any atom is 0.401 e. The van der Waals surface area contributed by atoms with E-state index in [4.69, 9.17) is 11.0 Å². The third-order valence-corrected chi connectivity index (χ3v) is 5.31. The van der Waals surface area contributed by atoms with Gasteiger partial charge in [0.25, 0.3) is 5.91 Å². The first-order chi connectivity index (χ1) is 13.6. The number of anilines is 1. The Labute approximate surface area is 168 Å². The second-order valence-electron chi connectivity index (χ2n) is 6.50. The minimum absolute atomic E-state index is 0.0852. The Morgan fingerprint density at radius 2 is 2.14 bits per heavy atom. The van der Waals surface area contributed by atoms with Crippen LogP contribution in [-0.4, -0.2) is 32.5 Å². The number of amidine groups is 1. The van der Waals surface area contributed by atoms with Gasteiger partial charge in [-0.25, -0.2) is 9.98 Å². The monoisotopic (exact) mass is 420 g/mol. The highest BCUT2D eigenvalue weighted by Gasteiger charge is 2.48. The molecule has 3 heterocycles. The summed E-state index contributed by atoms with van der Waals surface area (Å²) in [6.45, 7) is 1.52. The van der Waals surface area contributed by atoms with Gasteiger partial charge in [0.1, 0.15) is 22.6 Å². The topological polar surface area (TPSA) is 117 Å². The van der Waals surface area contributed by atoms with Crippen LogP contribution in [0.2, 0.25) is 0 Å². The van der Waals surface area contributed by atoms with Crippen molar-refractivity contribution in [3.63, 3.8) is 0 Å². The number of pyridine rings is 2. The zero-order valence-corrected chi connectivity index (χ0v) is 15.9. The van der Waals surface area contributed by atoms with Crippen molar-refractivity contribution in [1.82, 2.24) is 9.97 Å². The smallest absolute Gasteiger partial charge is 0.378 e. The molecule has 29 heavy (non-hydrogen) atoms. The lowest BCUT2D eigenvalue weighted by Crippen LogP contribution is -2.40. The van der Waals surface area contributed by atoms with Gasteiger partial charge in [-0.3, -0.25) is 9.78 Å². The van der Waals surface area contributed by atoms with Gasteiger partial charge < -0.3 is 11.1 Å². The first-order valence-electron chi connectivity index (χ1n) is 8.33. The Kier molecular flexibility index (Phi) is 5.48. The van der Waals surface area contributed by atoms with Crippen LogP contribution >= 0.6 is 11.8 Å². The molecule has 3 rings (SSSR count). The van der Waals surface area contributed by atoms with Crippen LogP contribution in [0.4, 0.5) is 18.9 Å². The van der Waals surface area contributed by atoms with Gasteiger partial charge in [0, 0.05) is 18.1 Å². The maximum absolute atomic E-state index is 13.2. The lowest BCUT2D eigenvalue weighted by Gasteiger charge is -2.34. The molecule has 0 unspecified atom stereocenters. The van der Waals surface area contributed by atoms with E-state index >= 15 is 0 Å². The fourth-order valence-electron chi connectivity index (χ4n) is 2.80. The third-order valence-electron chi connectivity index (χ3n) is 4.26. The molecule has 1 aliphatic rings. The average Bonchev–Trinajstić information content (AvgIpc) is 2.67. The van der Waals surface area contributed by atoms with Crippen LogP contribution < -0.4 is 11.1 Å². The lowest BCUT2D eigenvalue weighted by atomic mass is 9.91. The number of thioether (sulfide) groups is 1. The molecule has 0 fully saturated rings. The molecule has 2 aromatic heterocycles. The van der Waals surface area contributed by atoms with Crippen molar-refractivity contribution >= 4 is 28.5 Å². The lowest BCUT2D eigenvalue weighted by molar-refractivity contribution is -0.132. The highest BCUT2D eigenvalue weighted by atomic mass is 32.2. The summed E-state index contributed by atoms with van der Waals surface area (Å²) in [6, 6.07) is 7.71. The van der Waals surface area contributed by atoms with Crippen LogP contribution in [0.5, 0.6) is 0 Å². The number of hydrogen-bond donors (Lipinski definition) is 2. The van der Waals surface area contributed by atoms with Crippen molar-refractivity contribution in [1.29, 1.82) is 5.26 Å². The summed E-state index contributed by atoms with van der Waals surface area (Å²) < 4.78 is 39.7. The molecule has 0 saturated carbocycles. The van der Waals surface area contributed by atoms with Gasteiger partial charge >= 0.3 is 6.18 Å². The number of rotatable bonds is 3. The quantitative estimate of drug-likeness (QED) is 0.788. The number of nitriles is 1. The van der Waals surface area contributed by atoms with Crippen molar-refractivity contribution in [3.8, 4) is 6.07 Å². The van der Waals surface area contributed by atoms with Crippen LogP contribution in [0.3, 0.4) is 0 Å². The summed E-state index contributed by atoms with van der Waals surface area (Å²) >= 11 is 0.479. The molecule has 0 aromatic carbocycles. The van der Waals surface area contributed by atoms with Crippen LogP contribution in [0.15, 0.2) is 41.7 Å². The van der Waals surface area contributed by atoms with Gasteiger partial charge in [-0.1, -0.05) is 11.8 Å². The first-order valence-corrected chi connectivity index (χ1v) is 9.21. The molecule has 1 amide bonds. The number of carbonyl (C=O) groups excluding carboxylic acids is 1. The normalized spacial score (nSPS) is 21.8. The number of nitrogens with two attached hydrogens (primary N) is 1. The van der Waals surface area contributed by atoms with Gasteiger partial charge in [0.2, 0.25) is 0 Å². The van der Waals surface area contributed by atoms with Crippen LogP contribution in [0.1, 0.15) is 35.1 Å². The zero-order valence-electron chi connectivity index (χ0n) is 15.1. The summed E-state index contributed by atoms with van der Waals surface area (Å²) in [6.07, 6.45) is -2.12. The van der Waals surface area contributed by atoms with Crippen molar-refractivity contribution in [2.45, 2.75) is 30.3 Å². The zero-order chi connectivity index (χ0) is 21.2. The number of nitrogens with zero attached hydrogens (tertiary/aromatic N) is 4. The molecular weight excluding hydrogens is 405 g/mol. The minimum Gasteiger partial charge on any atom is -0.378 e. The predicted octanol–water partition coefficient (Wildman–Crippen LogP) is 3.20. The molecule has 0 aliphatic carbocycles. The number of aliphatic imine (C=N–C) groups is 1. The summed E-state index contributed by atoms with van der Waals surface area (Å²) in [5, 5.41) is 9.52. The summed E-state index contributed by atoms with van der Waals surface area (Å²) in [5.74, 6) is -0.535. The molecule has 0 spiro atoms. The van der Waals surface area contributed by atoms with Gasteiger partial charge in [-0.15, -0.1) is 0 Å². The summed E-state index contributed by atoms with van der Waals surface area (Å²) in [7, 11) is 0. The van der Waals surface area contributed by atoms with Crippen molar-refractivity contribution in [2.24, 2.45) is 10.7 Å². The molecule has 150 valence electrons. The van der Waals surface area contributed by atoms with Crippen LogP contribution in [0, 0.1) is 11.3 Å². The molecule has 3 N–H and O–H groups in total. The fourth-order valence-corrected chi connectivity index (χ4v) is 3.89. The van der Waals surface area contributed by atoms with E-state index in [0.717, 1.165) is 0 Å². The second-order valence-corrected chi connectivity index (χ2v) is 7.73. The number of amides is 1. The van der Waals surface area contributed by atoms with E-state index in [1.807, 2.05) is 6.07 Å². The van der Waals surface area contributed by atoms with E-state index in [9.17, 15) is 18.0 Å². The van der Waals surface area contributed by atoms with Crippen LogP contribution in [-0.2, 0) is 5.54 Å². The van der Waals surface area contributed by atoms with Gasteiger partial charge in [0.05, 0.1) is 11.3 Å². The minimum atomic E-state index is -4.43. The Morgan fingerprint density at radius 3 is 2.76 bits per heavy atom. The molecule has 2 atom stereocenters. The summed E-state index contributed by atoms with van der Waals surface area (Å²) in [5.41, 5.74) is 5.32. The fraction of sp³-hybridized carbons (Fsp3) is 0.278. The highest BCUT2D eigenvalue weighted by molar-refractivity contribution is 8.14. The van der Waals surface area contributed by atoms with E-state index < -0.39 is 22.9 Å². The average molecular weight is 420 g/mol. The molecule has 0 saturated heterocycles. The van der Waals surface area contributed by atoms with E-state index in [1.54, 1.807) is 0 Å². The van der Waals surface area contributed by atoms with Gasteiger partial charge in [0.15, 0.2) is 5.17 Å². The molecule has 0 radical (unpaired) electrons. The summed E-state index contributed by atoms with van der Waals surface area (Å²) in [4.78, 5) is 24.6. The number of hydrogen-bond acceptors (Lipinski definition) is 7. The second kappa shape index (κ2) is 7.71. The molecule has 1 aliphatic heterocycles. The highest BCUT2D eigenvalue weighted by Crippen LogP contribution is 2.44. The number of alkyl halides is 3. The number of aromatic nitrogens is 2. The van der Waals surface area contributed by atoms with E-state index in [1.165, 1.54) is 43.6 Å². The number of carbonyl (C=O) groups is 1. The Bertz CT molecular complexity index is 1000. The Hall–Kier alpha value is -3.13. The first kappa shape index (κ1) is 20.6. The third kappa shape index (κ3) is 4.65. The van der Waals surface area contributed by atoms with Crippen molar-refractivity contribution < 1.29 is 18.0 Å².